The van der Waals surface area contributed by atoms with Crippen molar-refractivity contribution >= 4 is 11.0 Å². The van der Waals surface area contributed by atoms with Gasteiger partial charge < -0.3 is 19.2 Å². The van der Waals surface area contributed by atoms with Crippen molar-refractivity contribution in [3.8, 4) is 5.69 Å². The van der Waals surface area contributed by atoms with Gasteiger partial charge in [-0.1, -0.05) is 0 Å². The minimum atomic E-state index is -0.633. The van der Waals surface area contributed by atoms with E-state index in [1.165, 1.54) is 4.57 Å². The minimum absolute atomic E-state index is 0.0656. The summed E-state index contributed by atoms with van der Waals surface area (Å²) in [4.78, 5) is 30.5. The number of hydrogen-bond acceptors (Lipinski definition) is 4. The van der Waals surface area contributed by atoms with Gasteiger partial charge in [-0.05, 0) is 31.0 Å². The third kappa shape index (κ3) is 2.58. The highest BCUT2D eigenvalue weighted by molar-refractivity contribution is 5.77. The van der Waals surface area contributed by atoms with E-state index in [2.05, 4.69) is 9.97 Å². The van der Waals surface area contributed by atoms with E-state index in [0.717, 1.165) is 5.69 Å². The fourth-order valence-electron chi connectivity index (χ4n) is 2.43. The van der Waals surface area contributed by atoms with Gasteiger partial charge in [0.2, 0.25) is 0 Å². The Bertz CT molecular complexity index is 893. The number of imidazole rings is 1. The number of nitrogens with one attached hydrogen (secondary N) is 1. The lowest BCUT2D eigenvalue weighted by Gasteiger charge is -2.11. The Balaban J connectivity index is 2.16. The molecule has 0 aliphatic rings. The number of aryl methyl sites for hydroxylation is 1. The average Bonchev–Trinajstić information content (AvgIpc) is 3.05. The van der Waals surface area contributed by atoms with Gasteiger partial charge in [-0.3, -0.25) is 9.59 Å². The normalized spacial score (nSPS) is 11.1. The molecule has 0 radical (unpaired) electrons. The first-order chi connectivity index (χ1) is 10.7. The monoisotopic (exact) mass is 300 g/mol. The zero-order chi connectivity index (χ0) is 15.5. The molecule has 0 aliphatic heterocycles. The lowest BCUT2D eigenvalue weighted by molar-refractivity contribution is 0.281. The number of aromatic amines is 1. The van der Waals surface area contributed by atoms with Gasteiger partial charge in [-0.2, -0.15) is 0 Å². The SMILES string of the molecule is O=c1[nH]c2ccc(-n3ccnc3)cc2n(CCCCO)c1=O. The Kier molecular flexibility index (Phi) is 3.88. The summed E-state index contributed by atoms with van der Waals surface area (Å²) in [5, 5.41) is 8.88. The molecule has 0 spiro atoms. The van der Waals surface area contributed by atoms with E-state index in [-0.39, 0.29) is 6.61 Å². The molecule has 1 aromatic carbocycles. The molecule has 2 aromatic heterocycles. The number of aliphatic hydroxyl groups is 1. The van der Waals surface area contributed by atoms with Crippen LogP contribution in [-0.2, 0) is 6.54 Å². The van der Waals surface area contributed by atoms with E-state index < -0.39 is 11.1 Å². The number of aromatic nitrogens is 4. The van der Waals surface area contributed by atoms with Gasteiger partial charge in [0.1, 0.15) is 0 Å². The minimum Gasteiger partial charge on any atom is -0.396 e. The van der Waals surface area contributed by atoms with Crippen molar-refractivity contribution in [1.82, 2.24) is 19.1 Å². The fourth-order valence-corrected chi connectivity index (χ4v) is 2.43. The van der Waals surface area contributed by atoms with Gasteiger partial charge in [0.15, 0.2) is 0 Å². The summed E-state index contributed by atoms with van der Waals surface area (Å²) in [6, 6.07) is 5.46. The van der Waals surface area contributed by atoms with Gasteiger partial charge in [0.05, 0.1) is 17.4 Å². The Hall–Kier alpha value is -2.67. The number of H-pyrrole nitrogens is 1. The molecular formula is C15H16N4O3. The van der Waals surface area contributed by atoms with Crippen molar-refractivity contribution in [1.29, 1.82) is 0 Å². The maximum atomic E-state index is 12.1. The van der Waals surface area contributed by atoms with E-state index in [1.54, 1.807) is 24.8 Å². The molecule has 7 heteroatoms. The molecule has 2 heterocycles. The standard InChI is InChI=1S/C15H16N4O3/c20-8-2-1-6-19-13-9-11(18-7-5-16-10-18)3-4-12(13)17-14(21)15(19)22/h3-5,7,9-10,20H,1-2,6,8H2,(H,17,21). The topological polar surface area (TPSA) is 92.9 Å². The van der Waals surface area contributed by atoms with E-state index in [0.29, 0.717) is 30.4 Å². The third-order valence-corrected chi connectivity index (χ3v) is 3.55. The molecule has 0 saturated carbocycles. The number of aliphatic hydroxyl groups excluding tert-OH is 1. The predicted octanol–water partition coefficient (Wildman–Crippen LogP) is 0.648. The number of rotatable bonds is 5. The summed E-state index contributed by atoms with van der Waals surface area (Å²) >= 11 is 0. The van der Waals surface area contributed by atoms with Crippen molar-refractivity contribution in [3.63, 3.8) is 0 Å². The molecular weight excluding hydrogens is 284 g/mol. The largest absolute Gasteiger partial charge is 0.396 e. The molecule has 114 valence electrons. The van der Waals surface area contributed by atoms with Crippen LogP contribution in [0.15, 0.2) is 46.5 Å². The summed E-state index contributed by atoms with van der Waals surface area (Å²) in [5.74, 6) is 0. The quantitative estimate of drug-likeness (QED) is 0.534. The van der Waals surface area contributed by atoms with Crippen molar-refractivity contribution in [2.75, 3.05) is 6.61 Å². The van der Waals surface area contributed by atoms with Crippen LogP contribution in [0.4, 0.5) is 0 Å². The molecule has 3 aromatic rings. The first kappa shape index (κ1) is 14.3. The summed E-state index contributed by atoms with van der Waals surface area (Å²) < 4.78 is 3.29. The van der Waals surface area contributed by atoms with Crippen LogP contribution in [0, 0.1) is 0 Å². The number of fused-ring (bicyclic) bond motifs is 1. The second-order valence-corrected chi connectivity index (χ2v) is 5.01. The highest BCUT2D eigenvalue weighted by Crippen LogP contribution is 2.15. The third-order valence-electron chi connectivity index (χ3n) is 3.55. The first-order valence-corrected chi connectivity index (χ1v) is 7.07. The first-order valence-electron chi connectivity index (χ1n) is 7.07. The second kappa shape index (κ2) is 5.98. The summed E-state index contributed by atoms with van der Waals surface area (Å²) in [7, 11) is 0. The van der Waals surface area contributed by atoms with Crippen LogP contribution in [0.2, 0.25) is 0 Å². The van der Waals surface area contributed by atoms with E-state index in [4.69, 9.17) is 5.11 Å². The smallest absolute Gasteiger partial charge is 0.316 e. The molecule has 0 bridgehead atoms. The maximum absolute atomic E-state index is 12.1. The molecule has 0 aliphatic carbocycles. The summed E-state index contributed by atoms with van der Waals surface area (Å²) in [5.41, 5.74) is 0.915. The lowest BCUT2D eigenvalue weighted by atomic mass is 10.2. The van der Waals surface area contributed by atoms with Crippen LogP contribution in [0.25, 0.3) is 16.7 Å². The molecule has 2 N–H and O–H groups in total. The van der Waals surface area contributed by atoms with E-state index >= 15 is 0 Å². The van der Waals surface area contributed by atoms with Gasteiger partial charge in [-0.15, -0.1) is 0 Å². The Morgan fingerprint density at radius 1 is 1.23 bits per heavy atom. The number of benzene rings is 1. The van der Waals surface area contributed by atoms with Gasteiger partial charge in [0.25, 0.3) is 0 Å². The van der Waals surface area contributed by atoms with Crippen LogP contribution >= 0.6 is 0 Å². The molecule has 7 nitrogen and oxygen atoms in total. The summed E-state index contributed by atoms with van der Waals surface area (Å²) in [6.45, 7) is 0.462. The number of hydrogen-bond donors (Lipinski definition) is 2. The molecule has 0 saturated heterocycles. The molecule has 3 rings (SSSR count). The van der Waals surface area contributed by atoms with Crippen LogP contribution in [-0.4, -0.2) is 30.8 Å². The Morgan fingerprint density at radius 3 is 2.82 bits per heavy atom. The molecule has 22 heavy (non-hydrogen) atoms. The van der Waals surface area contributed by atoms with Gasteiger partial charge in [0, 0.05) is 31.2 Å². The molecule has 0 unspecified atom stereocenters. The second-order valence-electron chi connectivity index (χ2n) is 5.01. The number of unbranched alkanes of at least 4 members (excludes halogenated alkanes) is 1. The Morgan fingerprint density at radius 2 is 2.09 bits per heavy atom. The summed E-state index contributed by atoms with van der Waals surface area (Å²) in [6.07, 6.45) is 6.36. The van der Waals surface area contributed by atoms with Crippen molar-refractivity contribution in [3.05, 3.63) is 57.6 Å². The zero-order valence-electron chi connectivity index (χ0n) is 11.9. The van der Waals surface area contributed by atoms with Crippen molar-refractivity contribution in [2.45, 2.75) is 19.4 Å². The van der Waals surface area contributed by atoms with Crippen LogP contribution < -0.4 is 11.1 Å². The van der Waals surface area contributed by atoms with Crippen LogP contribution in [0.3, 0.4) is 0 Å². The van der Waals surface area contributed by atoms with E-state index in [9.17, 15) is 9.59 Å². The lowest BCUT2D eigenvalue weighted by Crippen LogP contribution is -2.36. The average molecular weight is 300 g/mol. The highest BCUT2D eigenvalue weighted by atomic mass is 16.3. The van der Waals surface area contributed by atoms with Crippen LogP contribution in [0.5, 0.6) is 0 Å². The molecule has 0 fully saturated rings. The predicted molar refractivity (Wildman–Crippen MR) is 82.3 cm³/mol. The maximum Gasteiger partial charge on any atom is 0.316 e. The highest BCUT2D eigenvalue weighted by Gasteiger charge is 2.08. The van der Waals surface area contributed by atoms with Gasteiger partial charge in [-0.25, -0.2) is 4.98 Å². The van der Waals surface area contributed by atoms with Gasteiger partial charge >= 0.3 is 11.1 Å². The molecule has 0 atom stereocenters. The van der Waals surface area contributed by atoms with Crippen LogP contribution in [0.1, 0.15) is 12.8 Å². The zero-order valence-corrected chi connectivity index (χ0v) is 11.9. The van der Waals surface area contributed by atoms with Crippen molar-refractivity contribution < 1.29 is 5.11 Å². The van der Waals surface area contributed by atoms with E-state index in [1.807, 2.05) is 16.7 Å². The van der Waals surface area contributed by atoms with Crippen molar-refractivity contribution in [2.24, 2.45) is 0 Å². The fraction of sp³-hybridized carbons (Fsp3) is 0.267. The number of nitrogens with zero attached hydrogens (tertiary/aromatic N) is 3. The molecule has 0 amide bonds. The Labute approximate surface area is 125 Å².